The first-order valence-electron chi connectivity index (χ1n) is 7.99. The van der Waals surface area contributed by atoms with Gasteiger partial charge in [0.1, 0.15) is 0 Å². The largest absolute Gasteiger partial charge is 0.315 e. The summed E-state index contributed by atoms with van der Waals surface area (Å²) in [5, 5.41) is 8.01. The molecule has 0 aromatic carbocycles. The van der Waals surface area contributed by atoms with E-state index < -0.39 is 0 Å². The summed E-state index contributed by atoms with van der Waals surface area (Å²) in [5.74, 6) is 0. The second-order valence-electron chi connectivity index (χ2n) is 6.27. The lowest BCUT2D eigenvalue weighted by atomic mass is 10.1. The first kappa shape index (κ1) is 14.5. The zero-order valence-electron chi connectivity index (χ0n) is 12.6. The molecule has 2 aliphatic rings. The minimum absolute atomic E-state index is 0.813. The van der Waals surface area contributed by atoms with Crippen LogP contribution in [-0.2, 0) is 6.42 Å². The van der Waals surface area contributed by atoms with E-state index in [9.17, 15) is 0 Å². The molecule has 112 valence electrons. The van der Waals surface area contributed by atoms with Crippen molar-refractivity contribution < 1.29 is 0 Å². The van der Waals surface area contributed by atoms with Gasteiger partial charge in [-0.3, -0.25) is 4.90 Å². The van der Waals surface area contributed by atoms with Crippen LogP contribution in [0.3, 0.4) is 0 Å². The highest BCUT2D eigenvalue weighted by Crippen LogP contribution is 2.28. The molecule has 0 radical (unpaired) electrons. The van der Waals surface area contributed by atoms with Crippen molar-refractivity contribution in [2.24, 2.45) is 0 Å². The van der Waals surface area contributed by atoms with Crippen molar-refractivity contribution >= 4 is 11.3 Å². The van der Waals surface area contributed by atoms with Gasteiger partial charge in [0.05, 0.1) is 0 Å². The summed E-state index contributed by atoms with van der Waals surface area (Å²) in [5.41, 5.74) is 1.47. The normalized spacial score (nSPS) is 27.9. The summed E-state index contributed by atoms with van der Waals surface area (Å²) in [7, 11) is 2.32. The molecule has 2 fully saturated rings. The molecule has 3 rings (SSSR count). The monoisotopic (exact) mass is 293 g/mol. The van der Waals surface area contributed by atoms with Crippen LogP contribution in [0.15, 0.2) is 16.8 Å². The molecular weight excluding hydrogens is 266 g/mol. The van der Waals surface area contributed by atoms with E-state index in [1.807, 2.05) is 0 Å². The smallest absolute Gasteiger partial charge is 0.0223 e. The minimum Gasteiger partial charge on any atom is -0.315 e. The van der Waals surface area contributed by atoms with Crippen LogP contribution in [0.5, 0.6) is 0 Å². The van der Waals surface area contributed by atoms with Gasteiger partial charge in [0.25, 0.3) is 0 Å². The standard InChI is InChI=1S/C16H27N3S/c1-18-15-2-3-16(18)12-19(9-5-15)10-8-17-7-4-14-6-11-20-13-14/h6,11,13,15-17H,2-5,7-10,12H2,1H3. The molecule has 0 amide bonds. The van der Waals surface area contributed by atoms with Gasteiger partial charge in [-0.25, -0.2) is 0 Å². The van der Waals surface area contributed by atoms with Crippen molar-refractivity contribution in [1.29, 1.82) is 0 Å². The number of thiophene rings is 1. The van der Waals surface area contributed by atoms with Crippen LogP contribution in [0.25, 0.3) is 0 Å². The molecule has 3 nitrogen and oxygen atoms in total. The van der Waals surface area contributed by atoms with Crippen LogP contribution in [0.4, 0.5) is 0 Å². The molecule has 20 heavy (non-hydrogen) atoms. The van der Waals surface area contributed by atoms with Crippen LogP contribution in [0.2, 0.25) is 0 Å². The van der Waals surface area contributed by atoms with Gasteiger partial charge in [-0.05, 0) is 68.2 Å². The third-order valence-corrected chi connectivity index (χ3v) is 5.74. The number of nitrogens with one attached hydrogen (secondary N) is 1. The van der Waals surface area contributed by atoms with E-state index in [0.717, 1.165) is 31.6 Å². The molecule has 2 unspecified atom stereocenters. The number of hydrogen-bond donors (Lipinski definition) is 1. The van der Waals surface area contributed by atoms with Gasteiger partial charge in [0, 0.05) is 31.7 Å². The Morgan fingerprint density at radius 3 is 3.00 bits per heavy atom. The van der Waals surface area contributed by atoms with E-state index in [4.69, 9.17) is 0 Å². The molecule has 1 aromatic rings. The Balaban J connectivity index is 1.32. The maximum atomic E-state index is 3.60. The van der Waals surface area contributed by atoms with Gasteiger partial charge in [-0.1, -0.05) is 0 Å². The molecule has 2 saturated heterocycles. The Morgan fingerprint density at radius 1 is 1.25 bits per heavy atom. The van der Waals surface area contributed by atoms with Gasteiger partial charge in [0.2, 0.25) is 0 Å². The molecule has 2 aliphatic heterocycles. The third-order valence-electron chi connectivity index (χ3n) is 5.01. The highest BCUT2D eigenvalue weighted by Gasteiger charge is 2.34. The highest BCUT2D eigenvalue weighted by atomic mass is 32.1. The molecule has 0 aliphatic carbocycles. The van der Waals surface area contributed by atoms with Crippen LogP contribution in [0, 0.1) is 0 Å². The highest BCUT2D eigenvalue weighted by molar-refractivity contribution is 7.07. The fraction of sp³-hybridized carbons (Fsp3) is 0.750. The molecule has 1 aromatic heterocycles. The number of hydrogen-bond acceptors (Lipinski definition) is 4. The Labute approximate surface area is 127 Å². The average Bonchev–Trinajstić information content (AvgIpc) is 3.01. The predicted octanol–water partition coefficient (Wildman–Crippen LogP) is 2.05. The van der Waals surface area contributed by atoms with Gasteiger partial charge < -0.3 is 10.2 Å². The lowest BCUT2D eigenvalue weighted by Crippen LogP contribution is -2.39. The first-order valence-corrected chi connectivity index (χ1v) is 8.93. The Kier molecular flexibility index (Phi) is 5.10. The van der Waals surface area contributed by atoms with E-state index >= 15 is 0 Å². The van der Waals surface area contributed by atoms with E-state index in [2.05, 4.69) is 39.0 Å². The number of likely N-dealkylation sites (N-methyl/N-ethyl adjacent to an activating group) is 1. The number of rotatable bonds is 6. The number of fused-ring (bicyclic) bond motifs is 2. The maximum absolute atomic E-state index is 3.60. The van der Waals surface area contributed by atoms with E-state index in [1.165, 1.54) is 44.5 Å². The average molecular weight is 293 g/mol. The molecule has 3 heterocycles. The fourth-order valence-electron chi connectivity index (χ4n) is 3.61. The van der Waals surface area contributed by atoms with E-state index in [0.29, 0.717) is 0 Å². The zero-order valence-corrected chi connectivity index (χ0v) is 13.4. The number of likely N-dealkylation sites (tertiary alicyclic amines) is 1. The Hall–Kier alpha value is -0.420. The van der Waals surface area contributed by atoms with E-state index in [-0.39, 0.29) is 0 Å². The summed E-state index contributed by atoms with van der Waals surface area (Å²) in [6.07, 6.45) is 5.36. The van der Waals surface area contributed by atoms with Crippen LogP contribution in [0.1, 0.15) is 24.8 Å². The first-order chi connectivity index (χ1) is 9.83. The minimum atomic E-state index is 0.813. The topological polar surface area (TPSA) is 18.5 Å². The summed E-state index contributed by atoms with van der Waals surface area (Å²) in [4.78, 5) is 5.29. The van der Waals surface area contributed by atoms with Crippen LogP contribution < -0.4 is 5.32 Å². The van der Waals surface area contributed by atoms with Gasteiger partial charge in [0.15, 0.2) is 0 Å². The second kappa shape index (κ2) is 7.03. The van der Waals surface area contributed by atoms with Crippen LogP contribution >= 0.6 is 11.3 Å². The second-order valence-corrected chi connectivity index (χ2v) is 7.05. The van der Waals surface area contributed by atoms with Gasteiger partial charge in [-0.2, -0.15) is 11.3 Å². The van der Waals surface area contributed by atoms with Crippen molar-refractivity contribution in [3.8, 4) is 0 Å². The summed E-state index contributed by atoms with van der Waals surface area (Å²) in [6.45, 7) is 6.01. The summed E-state index contributed by atoms with van der Waals surface area (Å²) in [6, 6.07) is 3.90. The zero-order chi connectivity index (χ0) is 13.8. The van der Waals surface area contributed by atoms with Crippen molar-refractivity contribution in [2.75, 3.05) is 39.8 Å². The summed E-state index contributed by atoms with van der Waals surface area (Å²) >= 11 is 1.79. The van der Waals surface area contributed by atoms with Gasteiger partial charge >= 0.3 is 0 Å². The fourth-order valence-corrected chi connectivity index (χ4v) is 4.32. The number of nitrogens with zero attached hydrogens (tertiary/aromatic N) is 2. The molecule has 0 saturated carbocycles. The molecule has 4 heteroatoms. The van der Waals surface area contributed by atoms with Crippen molar-refractivity contribution in [1.82, 2.24) is 15.1 Å². The summed E-state index contributed by atoms with van der Waals surface area (Å²) < 4.78 is 0. The lowest BCUT2D eigenvalue weighted by Gasteiger charge is -2.25. The maximum Gasteiger partial charge on any atom is 0.0223 e. The molecule has 2 bridgehead atoms. The molecule has 2 atom stereocenters. The molecule has 1 N–H and O–H groups in total. The third kappa shape index (κ3) is 3.61. The van der Waals surface area contributed by atoms with Crippen molar-refractivity contribution in [2.45, 2.75) is 37.8 Å². The van der Waals surface area contributed by atoms with Crippen molar-refractivity contribution in [3.05, 3.63) is 22.4 Å². The molecule has 0 spiro atoms. The quantitative estimate of drug-likeness (QED) is 0.810. The Morgan fingerprint density at radius 2 is 2.15 bits per heavy atom. The molecular formula is C16H27N3S. The van der Waals surface area contributed by atoms with E-state index in [1.54, 1.807) is 11.3 Å². The van der Waals surface area contributed by atoms with Gasteiger partial charge in [-0.15, -0.1) is 0 Å². The Bertz CT molecular complexity index is 392. The SMILES string of the molecule is CN1C2CCC1CN(CCNCCc1ccsc1)CC2. The van der Waals surface area contributed by atoms with Crippen LogP contribution in [-0.4, -0.2) is 61.7 Å². The van der Waals surface area contributed by atoms with Crippen molar-refractivity contribution in [3.63, 3.8) is 0 Å². The predicted molar refractivity (Wildman–Crippen MR) is 86.5 cm³/mol. The lowest BCUT2D eigenvalue weighted by molar-refractivity contribution is 0.219.